The fourth-order valence-electron chi connectivity index (χ4n) is 1.02. The minimum Gasteiger partial charge on any atom is -0.447 e. The van der Waals surface area contributed by atoms with Crippen LogP contribution < -0.4 is 0 Å². The molecule has 2 heteroatoms. The Kier molecular flexibility index (Phi) is 2.23. The van der Waals surface area contributed by atoms with Crippen molar-refractivity contribution >= 4 is 12.1 Å². The zero-order valence-electron chi connectivity index (χ0n) is 7.05. The SMILES string of the molecule is C(=Nc1ccco1)c1ccccc1. The number of rotatable bonds is 2. The summed E-state index contributed by atoms with van der Waals surface area (Å²) in [6, 6.07) is 13.5. The molecular weight excluding hydrogens is 162 g/mol. The summed E-state index contributed by atoms with van der Waals surface area (Å²) in [4.78, 5) is 4.14. The number of aliphatic imine (C=N–C) groups is 1. The summed E-state index contributed by atoms with van der Waals surface area (Å²) < 4.78 is 5.06. The molecule has 0 aliphatic heterocycles. The molecule has 0 saturated carbocycles. The normalized spacial score (nSPS) is 10.8. The van der Waals surface area contributed by atoms with Crippen LogP contribution in [-0.4, -0.2) is 6.21 Å². The van der Waals surface area contributed by atoms with Gasteiger partial charge >= 0.3 is 0 Å². The van der Waals surface area contributed by atoms with Gasteiger partial charge in [0.05, 0.1) is 6.26 Å². The average Bonchev–Trinajstić information content (AvgIpc) is 2.69. The molecule has 0 bridgehead atoms. The van der Waals surface area contributed by atoms with Crippen LogP contribution in [0.2, 0.25) is 0 Å². The van der Waals surface area contributed by atoms with Crippen molar-refractivity contribution in [2.45, 2.75) is 0 Å². The highest BCUT2D eigenvalue weighted by atomic mass is 16.3. The third kappa shape index (κ3) is 2.06. The molecule has 0 aliphatic carbocycles. The Balaban J connectivity index is 2.15. The molecule has 0 radical (unpaired) electrons. The van der Waals surface area contributed by atoms with Gasteiger partial charge in [-0.15, -0.1) is 0 Å². The van der Waals surface area contributed by atoms with Crippen LogP contribution in [0.5, 0.6) is 0 Å². The molecule has 0 unspecified atom stereocenters. The number of furan rings is 1. The Morgan fingerprint density at radius 1 is 1.00 bits per heavy atom. The lowest BCUT2D eigenvalue weighted by Crippen LogP contribution is -1.76. The van der Waals surface area contributed by atoms with E-state index in [0.717, 1.165) is 5.56 Å². The van der Waals surface area contributed by atoms with Crippen molar-refractivity contribution < 1.29 is 4.42 Å². The van der Waals surface area contributed by atoms with Crippen LogP contribution in [0, 0.1) is 0 Å². The zero-order valence-corrected chi connectivity index (χ0v) is 7.05. The van der Waals surface area contributed by atoms with Crippen LogP contribution in [0.15, 0.2) is 58.1 Å². The van der Waals surface area contributed by atoms with Crippen molar-refractivity contribution in [2.24, 2.45) is 4.99 Å². The van der Waals surface area contributed by atoms with E-state index in [1.165, 1.54) is 0 Å². The predicted octanol–water partition coefficient (Wildman–Crippen LogP) is 3.03. The van der Waals surface area contributed by atoms with E-state index in [4.69, 9.17) is 4.42 Å². The minimum atomic E-state index is 0.629. The first kappa shape index (κ1) is 7.80. The molecule has 0 amide bonds. The monoisotopic (exact) mass is 171 g/mol. The van der Waals surface area contributed by atoms with E-state index in [2.05, 4.69) is 4.99 Å². The van der Waals surface area contributed by atoms with Crippen molar-refractivity contribution in [3.05, 3.63) is 54.3 Å². The molecule has 64 valence electrons. The van der Waals surface area contributed by atoms with Crippen molar-refractivity contribution in [1.82, 2.24) is 0 Å². The quantitative estimate of drug-likeness (QED) is 0.637. The molecule has 0 aliphatic rings. The molecule has 0 atom stereocenters. The standard InChI is InChI=1S/C11H9NO/c1-2-5-10(6-3-1)9-12-11-7-4-8-13-11/h1-9H. The molecule has 1 aromatic carbocycles. The summed E-state index contributed by atoms with van der Waals surface area (Å²) in [5.41, 5.74) is 1.07. The molecule has 1 aromatic heterocycles. The van der Waals surface area contributed by atoms with E-state index in [1.54, 1.807) is 12.5 Å². The molecular formula is C11H9NO. The van der Waals surface area contributed by atoms with Crippen LogP contribution in [-0.2, 0) is 0 Å². The molecule has 1 heterocycles. The Labute approximate surface area is 76.5 Å². The predicted molar refractivity (Wildman–Crippen MR) is 52.4 cm³/mol. The van der Waals surface area contributed by atoms with Gasteiger partial charge in [-0.3, -0.25) is 0 Å². The first-order valence-corrected chi connectivity index (χ1v) is 4.08. The lowest BCUT2D eigenvalue weighted by Gasteiger charge is -1.88. The van der Waals surface area contributed by atoms with Gasteiger partial charge in [-0.2, -0.15) is 0 Å². The van der Waals surface area contributed by atoms with Crippen molar-refractivity contribution in [3.63, 3.8) is 0 Å². The Morgan fingerprint density at radius 2 is 1.85 bits per heavy atom. The van der Waals surface area contributed by atoms with Crippen molar-refractivity contribution in [2.75, 3.05) is 0 Å². The van der Waals surface area contributed by atoms with Gasteiger partial charge in [0.1, 0.15) is 0 Å². The van der Waals surface area contributed by atoms with Crippen LogP contribution in [0.3, 0.4) is 0 Å². The molecule has 0 saturated heterocycles. The largest absolute Gasteiger partial charge is 0.447 e. The van der Waals surface area contributed by atoms with Crippen LogP contribution in [0.1, 0.15) is 5.56 Å². The lowest BCUT2D eigenvalue weighted by molar-refractivity contribution is 0.578. The van der Waals surface area contributed by atoms with E-state index in [9.17, 15) is 0 Å². The summed E-state index contributed by atoms with van der Waals surface area (Å²) in [6.07, 6.45) is 3.39. The second-order valence-corrected chi connectivity index (χ2v) is 2.62. The summed E-state index contributed by atoms with van der Waals surface area (Å²) >= 11 is 0. The topological polar surface area (TPSA) is 25.5 Å². The second kappa shape index (κ2) is 3.72. The molecule has 0 N–H and O–H groups in total. The van der Waals surface area contributed by atoms with E-state index >= 15 is 0 Å². The number of nitrogens with zero attached hydrogens (tertiary/aromatic N) is 1. The Morgan fingerprint density at radius 3 is 2.54 bits per heavy atom. The van der Waals surface area contributed by atoms with Gasteiger partial charge < -0.3 is 4.42 Å². The van der Waals surface area contributed by atoms with Crippen LogP contribution >= 0.6 is 0 Å². The van der Waals surface area contributed by atoms with Gasteiger partial charge in [0, 0.05) is 12.3 Å². The maximum atomic E-state index is 5.06. The first-order chi connectivity index (χ1) is 6.45. The third-order valence-electron chi connectivity index (χ3n) is 1.65. The van der Waals surface area contributed by atoms with Crippen molar-refractivity contribution in [1.29, 1.82) is 0 Å². The summed E-state index contributed by atoms with van der Waals surface area (Å²) in [7, 11) is 0. The maximum Gasteiger partial charge on any atom is 0.218 e. The van der Waals surface area contributed by atoms with E-state index in [-0.39, 0.29) is 0 Å². The van der Waals surface area contributed by atoms with E-state index in [1.807, 2.05) is 42.5 Å². The number of hydrogen-bond acceptors (Lipinski definition) is 2. The Bertz CT molecular complexity index is 376. The molecule has 2 nitrogen and oxygen atoms in total. The molecule has 2 rings (SSSR count). The fourth-order valence-corrected chi connectivity index (χ4v) is 1.02. The van der Waals surface area contributed by atoms with Gasteiger partial charge in [-0.1, -0.05) is 30.3 Å². The number of benzene rings is 1. The van der Waals surface area contributed by atoms with Gasteiger partial charge in [-0.25, -0.2) is 4.99 Å². The highest BCUT2D eigenvalue weighted by Crippen LogP contribution is 2.10. The lowest BCUT2D eigenvalue weighted by atomic mass is 10.2. The van der Waals surface area contributed by atoms with E-state index in [0.29, 0.717) is 5.88 Å². The van der Waals surface area contributed by atoms with Gasteiger partial charge in [0.25, 0.3) is 0 Å². The highest BCUT2D eigenvalue weighted by Gasteiger charge is 1.88. The van der Waals surface area contributed by atoms with Crippen molar-refractivity contribution in [3.8, 4) is 0 Å². The molecule has 0 fully saturated rings. The van der Waals surface area contributed by atoms with Crippen LogP contribution in [0.4, 0.5) is 5.88 Å². The molecule has 0 spiro atoms. The zero-order chi connectivity index (χ0) is 8.93. The molecule has 13 heavy (non-hydrogen) atoms. The van der Waals surface area contributed by atoms with Crippen LogP contribution in [0.25, 0.3) is 0 Å². The highest BCUT2D eigenvalue weighted by molar-refractivity contribution is 5.81. The van der Waals surface area contributed by atoms with Gasteiger partial charge in [0.15, 0.2) is 0 Å². The molecule has 2 aromatic rings. The number of hydrogen-bond donors (Lipinski definition) is 0. The fraction of sp³-hybridized carbons (Fsp3) is 0. The smallest absolute Gasteiger partial charge is 0.218 e. The minimum absolute atomic E-state index is 0.629. The second-order valence-electron chi connectivity index (χ2n) is 2.62. The summed E-state index contributed by atoms with van der Waals surface area (Å²) in [5.74, 6) is 0.629. The van der Waals surface area contributed by atoms with Gasteiger partial charge in [-0.05, 0) is 11.6 Å². The Hall–Kier alpha value is -1.83. The van der Waals surface area contributed by atoms with Gasteiger partial charge in [0.2, 0.25) is 5.88 Å². The van der Waals surface area contributed by atoms with E-state index < -0.39 is 0 Å². The average molecular weight is 171 g/mol. The maximum absolute atomic E-state index is 5.06. The third-order valence-corrected chi connectivity index (χ3v) is 1.65. The first-order valence-electron chi connectivity index (χ1n) is 4.08. The summed E-state index contributed by atoms with van der Waals surface area (Å²) in [5, 5.41) is 0. The summed E-state index contributed by atoms with van der Waals surface area (Å²) in [6.45, 7) is 0.